The van der Waals surface area contributed by atoms with Crippen LogP contribution in [-0.4, -0.2) is 0 Å². The minimum atomic E-state index is -0.271. The zero-order valence-electron chi connectivity index (χ0n) is 9.19. The van der Waals surface area contributed by atoms with Gasteiger partial charge in [0, 0.05) is 15.3 Å². The molecule has 2 aromatic heterocycles. The Morgan fingerprint density at radius 1 is 1.22 bits per heavy atom. The van der Waals surface area contributed by atoms with E-state index >= 15 is 0 Å². The van der Waals surface area contributed by atoms with Crippen LogP contribution < -0.4 is 5.73 Å². The Kier molecular flexibility index (Phi) is 3.08. The lowest BCUT2D eigenvalue weighted by atomic mass is 10.2. The molecule has 0 radical (unpaired) electrons. The maximum absolute atomic E-state index is 6.15. The van der Waals surface area contributed by atoms with Crippen molar-refractivity contribution in [3.63, 3.8) is 0 Å². The molecule has 0 amide bonds. The fourth-order valence-electron chi connectivity index (χ4n) is 1.86. The van der Waals surface area contributed by atoms with Crippen molar-refractivity contribution in [1.82, 2.24) is 0 Å². The van der Waals surface area contributed by atoms with Gasteiger partial charge in [-0.1, -0.05) is 29.3 Å². The molecule has 0 fully saturated rings. The first-order valence-electron chi connectivity index (χ1n) is 5.32. The number of benzene rings is 1. The number of fused-ring (bicyclic) bond motifs is 1. The van der Waals surface area contributed by atoms with Gasteiger partial charge in [-0.2, -0.15) is 0 Å². The normalized spacial score (nSPS) is 13.1. The van der Waals surface area contributed by atoms with Gasteiger partial charge in [0.2, 0.25) is 0 Å². The van der Waals surface area contributed by atoms with Crippen LogP contribution in [0.25, 0.3) is 11.0 Å². The quantitative estimate of drug-likeness (QED) is 0.734. The summed E-state index contributed by atoms with van der Waals surface area (Å²) in [6.45, 7) is 0. The highest BCUT2D eigenvalue weighted by molar-refractivity contribution is 7.10. The molecule has 0 bridgehead atoms. The molecular formula is C13H9Cl2NOS. The zero-order chi connectivity index (χ0) is 12.7. The van der Waals surface area contributed by atoms with Crippen molar-refractivity contribution in [3.05, 3.63) is 56.4 Å². The third-order valence-corrected chi connectivity index (χ3v) is 4.17. The molecule has 0 aliphatic rings. The zero-order valence-corrected chi connectivity index (χ0v) is 11.5. The Labute approximate surface area is 118 Å². The van der Waals surface area contributed by atoms with Crippen LogP contribution in [0.1, 0.15) is 16.7 Å². The first kappa shape index (κ1) is 12.1. The van der Waals surface area contributed by atoms with Crippen molar-refractivity contribution in [2.75, 3.05) is 0 Å². The van der Waals surface area contributed by atoms with Gasteiger partial charge < -0.3 is 10.2 Å². The van der Waals surface area contributed by atoms with Crippen LogP contribution in [0.3, 0.4) is 0 Å². The topological polar surface area (TPSA) is 39.2 Å². The number of thiophene rings is 1. The van der Waals surface area contributed by atoms with E-state index in [1.165, 1.54) is 0 Å². The van der Waals surface area contributed by atoms with Crippen molar-refractivity contribution in [2.45, 2.75) is 6.04 Å². The number of hydrogen-bond donors (Lipinski definition) is 1. The van der Waals surface area contributed by atoms with Gasteiger partial charge in [-0.05, 0) is 29.6 Å². The number of rotatable bonds is 2. The minimum Gasteiger partial charge on any atom is -0.457 e. The molecule has 0 saturated heterocycles. The summed E-state index contributed by atoms with van der Waals surface area (Å²) in [4.78, 5) is 1.05. The lowest BCUT2D eigenvalue weighted by Gasteiger charge is -2.04. The van der Waals surface area contributed by atoms with Crippen molar-refractivity contribution in [1.29, 1.82) is 0 Å². The van der Waals surface area contributed by atoms with Crippen LogP contribution in [-0.2, 0) is 0 Å². The van der Waals surface area contributed by atoms with Gasteiger partial charge in [0.15, 0.2) is 5.58 Å². The summed E-state index contributed by atoms with van der Waals surface area (Å²) < 4.78 is 5.73. The molecule has 2 N–H and O–H groups in total. The van der Waals surface area contributed by atoms with E-state index in [4.69, 9.17) is 33.4 Å². The number of halogens is 2. The van der Waals surface area contributed by atoms with E-state index < -0.39 is 0 Å². The molecule has 3 rings (SSSR count). The van der Waals surface area contributed by atoms with Gasteiger partial charge >= 0.3 is 0 Å². The van der Waals surface area contributed by atoms with Gasteiger partial charge in [-0.3, -0.25) is 0 Å². The first-order chi connectivity index (χ1) is 8.65. The van der Waals surface area contributed by atoms with E-state index in [2.05, 4.69) is 0 Å². The molecule has 92 valence electrons. The molecule has 1 atom stereocenters. The lowest BCUT2D eigenvalue weighted by molar-refractivity contribution is 0.528. The predicted molar refractivity (Wildman–Crippen MR) is 76.6 cm³/mol. The summed E-state index contributed by atoms with van der Waals surface area (Å²) in [5, 5.41) is 3.95. The number of nitrogens with two attached hydrogens (primary N) is 1. The Morgan fingerprint density at radius 2 is 2.06 bits per heavy atom. The average Bonchev–Trinajstić information content (AvgIpc) is 2.96. The van der Waals surface area contributed by atoms with Crippen molar-refractivity contribution >= 4 is 45.5 Å². The van der Waals surface area contributed by atoms with E-state index in [0.717, 1.165) is 10.3 Å². The second-order valence-corrected chi connectivity index (χ2v) is 5.77. The minimum absolute atomic E-state index is 0.271. The molecule has 3 aromatic rings. The number of furan rings is 1. The fourth-order valence-corrected chi connectivity index (χ4v) is 3.14. The molecule has 5 heteroatoms. The summed E-state index contributed by atoms with van der Waals surface area (Å²) in [6, 6.07) is 9.04. The molecule has 0 aliphatic carbocycles. The molecule has 2 heterocycles. The van der Waals surface area contributed by atoms with Crippen molar-refractivity contribution < 1.29 is 4.42 Å². The van der Waals surface area contributed by atoms with E-state index in [1.54, 1.807) is 17.4 Å². The van der Waals surface area contributed by atoms with Crippen molar-refractivity contribution in [3.8, 4) is 0 Å². The second kappa shape index (κ2) is 4.59. The standard InChI is InChI=1S/C13H9Cl2NOS/c14-8-4-7-5-10(17-13(7)9(15)6-8)12(16)11-2-1-3-18-11/h1-6,12H,16H2. The SMILES string of the molecule is NC(c1cc2cc(Cl)cc(Cl)c2o1)c1cccs1. The molecule has 2 nitrogen and oxygen atoms in total. The van der Waals surface area contributed by atoms with Crippen LogP contribution in [0, 0.1) is 0 Å². The lowest BCUT2D eigenvalue weighted by Crippen LogP contribution is -2.08. The largest absolute Gasteiger partial charge is 0.457 e. The first-order valence-corrected chi connectivity index (χ1v) is 6.96. The molecule has 0 saturated carbocycles. The van der Waals surface area contributed by atoms with Crippen LogP contribution in [0.4, 0.5) is 0 Å². The maximum Gasteiger partial charge on any atom is 0.153 e. The van der Waals surface area contributed by atoms with Crippen LogP contribution >= 0.6 is 34.5 Å². The molecule has 1 aromatic carbocycles. The highest BCUT2D eigenvalue weighted by Crippen LogP contribution is 2.34. The molecule has 0 spiro atoms. The van der Waals surface area contributed by atoms with Gasteiger partial charge in [0.05, 0.1) is 11.1 Å². The van der Waals surface area contributed by atoms with E-state index in [0.29, 0.717) is 21.4 Å². The van der Waals surface area contributed by atoms with E-state index in [9.17, 15) is 0 Å². The summed E-state index contributed by atoms with van der Waals surface area (Å²) in [5.74, 6) is 0.691. The highest BCUT2D eigenvalue weighted by Gasteiger charge is 2.16. The number of hydrogen-bond acceptors (Lipinski definition) is 3. The smallest absolute Gasteiger partial charge is 0.153 e. The molecule has 0 aliphatic heterocycles. The summed E-state index contributed by atoms with van der Waals surface area (Å²) >= 11 is 13.6. The van der Waals surface area contributed by atoms with Crippen LogP contribution in [0.15, 0.2) is 40.1 Å². The Hall–Kier alpha value is -1.000. The Bertz CT molecular complexity index is 690. The Morgan fingerprint density at radius 3 is 2.78 bits per heavy atom. The van der Waals surface area contributed by atoms with Gasteiger partial charge in [-0.25, -0.2) is 0 Å². The summed E-state index contributed by atoms with van der Waals surface area (Å²) in [6.07, 6.45) is 0. The monoisotopic (exact) mass is 297 g/mol. The molecular weight excluding hydrogens is 289 g/mol. The molecule has 18 heavy (non-hydrogen) atoms. The summed E-state index contributed by atoms with van der Waals surface area (Å²) in [7, 11) is 0. The van der Waals surface area contributed by atoms with Gasteiger partial charge in [0.1, 0.15) is 5.76 Å². The van der Waals surface area contributed by atoms with E-state index in [-0.39, 0.29) is 6.04 Å². The van der Waals surface area contributed by atoms with Crippen LogP contribution in [0.2, 0.25) is 10.0 Å². The van der Waals surface area contributed by atoms with E-state index in [1.807, 2.05) is 29.6 Å². The highest BCUT2D eigenvalue weighted by atomic mass is 35.5. The van der Waals surface area contributed by atoms with Crippen molar-refractivity contribution in [2.24, 2.45) is 5.73 Å². The maximum atomic E-state index is 6.15. The molecule has 1 unspecified atom stereocenters. The second-order valence-electron chi connectivity index (χ2n) is 3.95. The Balaban J connectivity index is 2.11. The average molecular weight is 298 g/mol. The third kappa shape index (κ3) is 2.04. The third-order valence-electron chi connectivity index (χ3n) is 2.71. The van der Waals surface area contributed by atoms with Crippen LogP contribution in [0.5, 0.6) is 0 Å². The van der Waals surface area contributed by atoms with Gasteiger partial charge in [0.25, 0.3) is 0 Å². The van der Waals surface area contributed by atoms with Gasteiger partial charge in [-0.15, -0.1) is 11.3 Å². The predicted octanol–water partition coefficient (Wildman–Crippen LogP) is 4.85. The summed E-state index contributed by atoms with van der Waals surface area (Å²) in [5.41, 5.74) is 6.78. The fraction of sp³-hybridized carbons (Fsp3) is 0.0769.